The predicted octanol–water partition coefficient (Wildman–Crippen LogP) is 3.67. The molecular formula is C9H6ClN5S. The van der Waals surface area contributed by atoms with Crippen LogP contribution in [-0.2, 0) is 6.54 Å². The Balaban J connectivity index is 2.47. The summed E-state index contributed by atoms with van der Waals surface area (Å²) in [7, 11) is 0. The van der Waals surface area contributed by atoms with E-state index in [2.05, 4.69) is 19.6 Å². The Hall–Kier alpha value is -1.62. The number of rotatable bonds is 3. The van der Waals surface area contributed by atoms with Gasteiger partial charge < -0.3 is 0 Å². The number of aromatic nitrogens is 2. The fourth-order valence-electron chi connectivity index (χ4n) is 1.33. The molecule has 80 valence electrons. The minimum Gasteiger partial charge on any atom is -0.138 e. The summed E-state index contributed by atoms with van der Waals surface area (Å²) in [6, 6.07) is 5.39. The molecule has 0 fully saturated rings. The van der Waals surface area contributed by atoms with Gasteiger partial charge in [-0.05, 0) is 34.8 Å². The predicted molar refractivity (Wildman–Crippen MR) is 63.2 cm³/mol. The molecule has 5 nitrogen and oxygen atoms in total. The third-order valence-electron chi connectivity index (χ3n) is 2.01. The van der Waals surface area contributed by atoms with E-state index in [-0.39, 0.29) is 6.54 Å². The van der Waals surface area contributed by atoms with E-state index in [1.54, 1.807) is 12.1 Å². The molecule has 0 aliphatic carbocycles. The SMILES string of the molecule is [N-]=[N+]=NCc1cc(Cl)ccc1-c1csnn1. The second-order valence-corrected chi connectivity index (χ2v) is 4.03. The number of hydrogen-bond acceptors (Lipinski definition) is 4. The van der Waals surface area contributed by atoms with Crippen LogP contribution in [0.2, 0.25) is 5.02 Å². The molecule has 0 aliphatic heterocycles. The van der Waals surface area contributed by atoms with Crippen LogP contribution in [0.25, 0.3) is 21.7 Å². The zero-order chi connectivity index (χ0) is 11.4. The minimum atomic E-state index is 0.254. The highest BCUT2D eigenvalue weighted by Crippen LogP contribution is 2.26. The van der Waals surface area contributed by atoms with Crippen LogP contribution in [0, 0.1) is 0 Å². The summed E-state index contributed by atoms with van der Waals surface area (Å²) in [4.78, 5) is 2.73. The summed E-state index contributed by atoms with van der Waals surface area (Å²) in [6.45, 7) is 0.254. The molecule has 1 heterocycles. The summed E-state index contributed by atoms with van der Waals surface area (Å²) >= 11 is 7.16. The summed E-state index contributed by atoms with van der Waals surface area (Å²) < 4.78 is 3.80. The van der Waals surface area contributed by atoms with Crippen molar-refractivity contribution < 1.29 is 0 Å². The minimum absolute atomic E-state index is 0.254. The lowest BCUT2D eigenvalue weighted by Gasteiger charge is -2.04. The fourth-order valence-corrected chi connectivity index (χ4v) is 1.98. The highest BCUT2D eigenvalue weighted by Gasteiger charge is 2.07. The molecule has 0 radical (unpaired) electrons. The maximum atomic E-state index is 8.32. The topological polar surface area (TPSA) is 74.5 Å². The third-order valence-corrected chi connectivity index (χ3v) is 2.75. The van der Waals surface area contributed by atoms with E-state index in [0.717, 1.165) is 16.8 Å². The third kappa shape index (κ3) is 2.30. The highest BCUT2D eigenvalue weighted by molar-refractivity contribution is 7.03. The first-order valence-corrected chi connectivity index (χ1v) is 5.59. The largest absolute Gasteiger partial charge is 0.138 e. The standard InChI is InChI=1S/C9H6ClN5S/c10-7-1-2-8(9-5-16-15-13-9)6(3-7)4-12-14-11/h1-3,5H,4H2. The molecule has 0 amide bonds. The van der Waals surface area contributed by atoms with Gasteiger partial charge in [-0.15, -0.1) is 5.10 Å². The normalized spacial score (nSPS) is 9.81. The molecule has 7 heteroatoms. The summed E-state index contributed by atoms with van der Waals surface area (Å²) in [6.07, 6.45) is 0. The highest BCUT2D eigenvalue weighted by atomic mass is 35.5. The van der Waals surface area contributed by atoms with E-state index in [4.69, 9.17) is 17.1 Å². The Morgan fingerprint density at radius 2 is 2.38 bits per heavy atom. The van der Waals surface area contributed by atoms with E-state index in [0.29, 0.717) is 5.02 Å². The smallest absolute Gasteiger partial charge is 0.106 e. The van der Waals surface area contributed by atoms with Gasteiger partial charge in [0.25, 0.3) is 0 Å². The van der Waals surface area contributed by atoms with Crippen LogP contribution in [0.4, 0.5) is 0 Å². The lowest BCUT2D eigenvalue weighted by molar-refractivity contribution is 1.04. The Bertz CT molecular complexity index is 533. The average Bonchev–Trinajstić information content (AvgIpc) is 2.80. The van der Waals surface area contributed by atoms with Crippen molar-refractivity contribution in [2.75, 3.05) is 0 Å². The Morgan fingerprint density at radius 3 is 3.06 bits per heavy atom. The van der Waals surface area contributed by atoms with Crippen LogP contribution in [-0.4, -0.2) is 9.59 Å². The van der Waals surface area contributed by atoms with Gasteiger partial charge >= 0.3 is 0 Å². The lowest BCUT2D eigenvalue weighted by atomic mass is 10.1. The van der Waals surface area contributed by atoms with Crippen molar-refractivity contribution in [3.05, 3.63) is 44.6 Å². The second kappa shape index (κ2) is 4.94. The Kier molecular flexibility index (Phi) is 3.36. The number of benzene rings is 1. The molecule has 2 rings (SSSR count). The van der Waals surface area contributed by atoms with Gasteiger partial charge in [0.1, 0.15) is 5.69 Å². The Morgan fingerprint density at radius 1 is 1.50 bits per heavy atom. The molecule has 0 spiro atoms. The zero-order valence-corrected chi connectivity index (χ0v) is 9.61. The van der Waals surface area contributed by atoms with E-state index in [9.17, 15) is 0 Å². The van der Waals surface area contributed by atoms with Crippen molar-refractivity contribution in [2.24, 2.45) is 5.11 Å². The molecule has 1 aromatic heterocycles. The summed E-state index contributed by atoms with van der Waals surface area (Å²) in [5, 5.41) is 9.95. The van der Waals surface area contributed by atoms with Crippen LogP contribution in [0.15, 0.2) is 28.7 Å². The maximum absolute atomic E-state index is 8.32. The van der Waals surface area contributed by atoms with Crippen LogP contribution >= 0.6 is 23.1 Å². The van der Waals surface area contributed by atoms with Crippen molar-refractivity contribution in [1.29, 1.82) is 0 Å². The van der Waals surface area contributed by atoms with E-state index in [1.807, 2.05) is 11.4 Å². The first-order valence-electron chi connectivity index (χ1n) is 4.38. The molecule has 0 saturated carbocycles. The second-order valence-electron chi connectivity index (χ2n) is 2.98. The molecule has 2 aromatic rings. The first-order chi connectivity index (χ1) is 7.81. The van der Waals surface area contributed by atoms with Crippen LogP contribution in [0.3, 0.4) is 0 Å². The van der Waals surface area contributed by atoms with E-state index >= 15 is 0 Å². The van der Waals surface area contributed by atoms with Crippen molar-refractivity contribution in [3.63, 3.8) is 0 Å². The molecule has 16 heavy (non-hydrogen) atoms. The molecule has 0 saturated heterocycles. The van der Waals surface area contributed by atoms with Gasteiger partial charge in [0.2, 0.25) is 0 Å². The first kappa shape index (κ1) is 10.9. The zero-order valence-electron chi connectivity index (χ0n) is 8.04. The molecule has 1 aromatic carbocycles. The van der Waals surface area contributed by atoms with Gasteiger partial charge in [0.15, 0.2) is 0 Å². The number of nitrogens with zero attached hydrogens (tertiary/aromatic N) is 5. The van der Waals surface area contributed by atoms with Gasteiger partial charge in [-0.3, -0.25) is 0 Å². The van der Waals surface area contributed by atoms with Gasteiger partial charge in [0, 0.05) is 20.9 Å². The summed E-state index contributed by atoms with van der Waals surface area (Å²) in [5.74, 6) is 0. The van der Waals surface area contributed by atoms with Gasteiger partial charge in [-0.25, -0.2) is 0 Å². The molecular weight excluding hydrogens is 246 g/mol. The lowest BCUT2D eigenvalue weighted by Crippen LogP contribution is -1.88. The number of hydrogen-bond donors (Lipinski definition) is 0. The van der Waals surface area contributed by atoms with Gasteiger partial charge in [-0.2, -0.15) is 0 Å². The average molecular weight is 252 g/mol. The molecule has 0 unspecified atom stereocenters. The van der Waals surface area contributed by atoms with Crippen molar-refractivity contribution in [3.8, 4) is 11.3 Å². The maximum Gasteiger partial charge on any atom is 0.106 e. The van der Waals surface area contributed by atoms with Gasteiger partial charge in [0.05, 0.1) is 6.54 Å². The Labute approximate surface area is 100 Å². The van der Waals surface area contributed by atoms with Crippen molar-refractivity contribution in [1.82, 2.24) is 9.59 Å². The number of azide groups is 1. The van der Waals surface area contributed by atoms with Crippen LogP contribution < -0.4 is 0 Å². The molecule has 0 aliphatic rings. The quantitative estimate of drug-likeness (QED) is 0.474. The van der Waals surface area contributed by atoms with Crippen molar-refractivity contribution in [2.45, 2.75) is 6.54 Å². The van der Waals surface area contributed by atoms with Gasteiger partial charge in [-0.1, -0.05) is 27.3 Å². The van der Waals surface area contributed by atoms with Crippen LogP contribution in [0.5, 0.6) is 0 Å². The van der Waals surface area contributed by atoms with E-state index < -0.39 is 0 Å². The van der Waals surface area contributed by atoms with E-state index in [1.165, 1.54) is 11.5 Å². The fraction of sp³-hybridized carbons (Fsp3) is 0.111. The number of halogens is 1. The van der Waals surface area contributed by atoms with Crippen LogP contribution in [0.1, 0.15) is 5.56 Å². The summed E-state index contributed by atoms with van der Waals surface area (Å²) in [5.41, 5.74) is 10.8. The molecule has 0 atom stereocenters. The van der Waals surface area contributed by atoms with Crippen molar-refractivity contribution >= 4 is 23.1 Å². The molecule has 0 bridgehead atoms. The monoisotopic (exact) mass is 251 g/mol. The molecule has 0 N–H and O–H groups in total.